The number of benzene rings is 2. The second-order valence-electron chi connectivity index (χ2n) is 4.96. The maximum absolute atomic E-state index is 12.3. The molecule has 0 aromatic heterocycles. The Hall–Kier alpha value is -1.53. The van der Waals surface area contributed by atoms with Crippen LogP contribution in [-0.2, 0) is 11.2 Å². The van der Waals surface area contributed by atoms with Gasteiger partial charge in [-0.25, -0.2) is 0 Å². The molecule has 2 aromatic carbocycles. The summed E-state index contributed by atoms with van der Waals surface area (Å²) < 4.78 is 12.9. The van der Waals surface area contributed by atoms with Crippen LogP contribution in [0.3, 0.4) is 0 Å². The Kier molecular flexibility index (Phi) is 7.12. The van der Waals surface area contributed by atoms with E-state index in [2.05, 4.69) is 37.2 Å². The van der Waals surface area contributed by atoms with Gasteiger partial charge in [0.2, 0.25) is 5.91 Å². The molecule has 0 saturated heterocycles. The molecule has 0 saturated carbocycles. The molecule has 0 spiro atoms. The first-order chi connectivity index (χ1) is 11.5. The van der Waals surface area contributed by atoms with Gasteiger partial charge in [0.05, 0.1) is 25.3 Å². The van der Waals surface area contributed by atoms with Gasteiger partial charge in [-0.05, 0) is 59.6 Å². The predicted molar refractivity (Wildman–Crippen MR) is 103 cm³/mol. The van der Waals surface area contributed by atoms with Gasteiger partial charge in [0.25, 0.3) is 0 Å². The third kappa shape index (κ3) is 4.98. The second kappa shape index (κ2) is 9.08. The Morgan fingerprint density at radius 1 is 1.00 bits per heavy atom. The van der Waals surface area contributed by atoms with Gasteiger partial charge in [-0.3, -0.25) is 4.79 Å². The molecular weight excluding hydrogens is 438 g/mol. The molecule has 24 heavy (non-hydrogen) atoms. The molecule has 2 rings (SSSR count). The van der Waals surface area contributed by atoms with E-state index in [0.29, 0.717) is 24.7 Å². The van der Waals surface area contributed by atoms with Crippen LogP contribution in [0.1, 0.15) is 19.4 Å². The SMILES string of the molecule is CCOc1cc(Br)c(CC(=O)Nc2ccccc2Br)cc1OCC. The number of anilines is 1. The minimum Gasteiger partial charge on any atom is -0.490 e. The molecule has 128 valence electrons. The summed E-state index contributed by atoms with van der Waals surface area (Å²) in [5.74, 6) is 1.21. The summed E-state index contributed by atoms with van der Waals surface area (Å²) in [5.41, 5.74) is 1.58. The number of ether oxygens (including phenoxy) is 2. The molecule has 0 atom stereocenters. The Balaban J connectivity index is 2.17. The van der Waals surface area contributed by atoms with E-state index in [4.69, 9.17) is 9.47 Å². The first kappa shape index (κ1) is 18.8. The number of halogens is 2. The number of nitrogens with one attached hydrogen (secondary N) is 1. The minimum absolute atomic E-state index is 0.103. The van der Waals surface area contributed by atoms with Crippen molar-refractivity contribution in [3.8, 4) is 11.5 Å². The zero-order chi connectivity index (χ0) is 17.5. The molecule has 1 amide bonds. The first-order valence-electron chi connectivity index (χ1n) is 7.67. The number of hydrogen-bond donors (Lipinski definition) is 1. The fourth-order valence-electron chi connectivity index (χ4n) is 2.18. The van der Waals surface area contributed by atoms with Crippen LogP contribution in [0.2, 0.25) is 0 Å². The lowest BCUT2D eigenvalue weighted by Gasteiger charge is -2.14. The lowest BCUT2D eigenvalue weighted by Crippen LogP contribution is -2.15. The van der Waals surface area contributed by atoms with E-state index < -0.39 is 0 Å². The van der Waals surface area contributed by atoms with Crippen LogP contribution >= 0.6 is 31.9 Å². The molecule has 6 heteroatoms. The van der Waals surface area contributed by atoms with Crippen molar-refractivity contribution >= 4 is 43.5 Å². The van der Waals surface area contributed by atoms with E-state index in [1.54, 1.807) is 0 Å². The monoisotopic (exact) mass is 455 g/mol. The summed E-state index contributed by atoms with van der Waals surface area (Å²) in [4.78, 5) is 12.3. The molecule has 0 aliphatic rings. The fourth-order valence-corrected chi connectivity index (χ4v) is 3.03. The van der Waals surface area contributed by atoms with E-state index in [9.17, 15) is 4.79 Å². The summed E-state index contributed by atoms with van der Waals surface area (Å²) in [6.45, 7) is 4.92. The largest absolute Gasteiger partial charge is 0.490 e. The lowest BCUT2D eigenvalue weighted by molar-refractivity contribution is -0.115. The Morgan fingerprint density at radius 3 is 2.25 bits per heavy atom. The highest BCUT2D eigenvalue weighted by Crippen LogP contribution is 2.34. The molecule has 4 nitrogen and oxygen atoms in total. The van der Waals surface area contributed by atoms with Crippen molar-refractivity contribution < 1.29 is 14.3 Å². The molecule has 1 N–H and O–H groups in total. The quantitative estimate of drug-likeness (QED) is 0.623. The number of carbonyl (C=O) groups excluding carboxylic acids is 1. The molecular formula is C18H19Br2NO3. The summed E-state index contributed by atoms with van der Waals surface area (Å²) in [6, 6.07) is 11.2. The zero-order valence-electron chi connectivity index (χ0n) is 13.6. The molecule has 0 aliphatic carbocycles. The smallest absolute Gasteiger partial charge is 0.228 e. The first-order valence-corrected chi connectivity index (χ1v) is 9.26. The second-order valence-corrected chi connectivity index (χ2v) is 6.67. The normalized spacial score (nSPS) is 10.3. The van der Waals surface area contributed by atoms with Gasteiger partial charge in [-0.2, -0.15) is 0 Å². The average molecular weight is 457 g/mol. The van der Waals surface area contributed by atoms with Crippen molar-refractivity contribution in [2.75, 3.05) is 18.5 Å². The van der Waals surface area contributed by atoms with Crippen LogP contribution in [0.15, 0.2) is 45.3 Å². The maximum Gasteiger partial charge on any atom is 0.228 e. The van der Waals surface area contributed by atoms with Crippen molar-refractivity contribution in [2.24, 2.45) is 0 Å². The van der Waals surface area contributed by atoms with Crippen LogP contribution in [0.5, 0.6) is 11.5 Å². The summed E-state index contributed by atoms with van der Waals surface area (Å²) in [7, 11) is 0. The lowest BCUT2D eigenvalue weighted by atomic mass is 10.1. The van der Waals surface area contributed by atoms with Gasteiger partial charge >= 0.3 is 0 Å². The van der Waals surface area contributed by atoms with E-state index in [0.717, 1.165) is 20.2 Å². The third-order valence-electron chi connectivity index (χ3n) is 3.21. The predicted octanol–water partition coefficient (Wildman–Crippen LogP) is 5.19. The number of amides is 1. The van der Waals surface area contributed by atoms with E-state index in [-0.39, 0.29) is 12.3 Å². The third-order valence-corrected chi connectivity index (χ3v) is 4.64. The highest BCUT2D eigenvalue weighted by molar-refractivity contribution is 9.10. The van der Waals surface area contributed by atoms with E-state index >= 15 is 0 Å². The average Bonchev–Trinajstić information content (AvgIpc) is 2.54. The minimum atomic E-state index is -0.103. The van der Waals surface area contributed by atoms with Gasteiger partial charge in [-0.1, -0.05) is 28.1 Å². The molecule has 0 radical (unpaired) electrons. The van der Waals surface area contributed by atoms with Gasteiger partial charge in [0, 0.05) is 8.95 Å². The molecule has 0 aliphatic heterocycles. The number of hydrogen-bond acceptors (Lipinski definition) is 3. The Bertz CT molecular complexity index is 719. The van der Waals surface area contributed by atoms with Crippen LogP contribution in [0.25, 0.3) is 0 Å². The highest BCUT2D eigenvalue weighted by Gasteiger charge is 2.14. The van der Waals surface area contributed by atoms with E-state index in [1.165, 1.54) is 0 Å². The fraction of sp³-hybridized carbons (Fsp3) is 0.278. The maximum atomic E-state index is 12.3. The van der Waals surface area contributed by atoms with Gasteiger partial charge < -0.3 is 14.8 Å². The Labute approximate surface area is 158 Å². The van der Waals surface area contributed by atoms with Gasteiger partial charge in [0.1, 0.15) is 0 Å². The van der Waals surface area contributed by atoms with Crippen molar-refractivity contribution in [2.45, 2.75) is 20.3 Å². The van der Waals surface area contributed by atoms with E-state index in [1.807, 2.05) is 50.2 Å². The van der Waals surface area contributed by atoms with Gasteiger partial charge in [-0.15, -0.1) is 0 Å². The Morgan fingerprint density at radius 2 is 1.62 bits per heavy atom. The summed E-state index contributed by atoms with van der Waals surface area (Å²) >= 11 is 6.93. The van der Waals surface area contributed by atoms with Crippen molar-refractivity contribution in [3.05, 3.63) is 50.9 Å². The van der Waals surface area contributed by atoms with Crippen LogP contribution in [0, 0.1) is 0 Å². The summed E-state index contributed by atoms with van der Waals surface area (Å²) in [5, 5.41) is 2.90. The molecule has 0 unspecified atom stereocenters. The molecule has 0 bridgehead atoms. The number of para-hydroxylation sites is 1. The van der Waals surface area contributed by atoms with Crippen LogP contribution < -0.4 is 14.8 Å². The van der Waals surface area contributed by atoms with Crippen LogP contribution in [-0.4, -0.2) is 19.1 Å². The standard InChI is InChI=1S/C18H19Br2NO3/c1-3-23-16-9-12(14(20)11-17(16)24-4-2)10-18(22)21-15-8-6-5-7-13(15)19/h5-9,11H,3-4,10H2,1-2H3,(H,21,22). The highest BCUT2D eigenvalue weighted by atomic mass is 79.9. The number of rotatable bonds is 7. The van der Waals surface area contributed by atoms with Crippen molar-refractivity contribution in [1.29, 1.82) is 0 Å². The van der Waals surface area contributed by atoms with Crippen LogP contribution in [0.4, 0.5) is 5.69 Å². The summed E-state index contributed by atoms with van der Waals surface area (Å²) in [6.07, 6.45) is 0.231. The molecule has 2 aromatic rings. The zero-order valence-corrected chi connectivity index (χ0v) is 16.7. The molecule has 0 heterocycles. The molecule has 0 fully saturated rings. The van der Waals surface area contributed by atoms with Crippen molar-refractivity contribution in [1.82, 2.24) is 0 Å². The topological polar surface area (TPSA) is 47.6 Å². The number of carbonyl (C=O) groups is 1. The van der Waals surface area contributed by atoms with Crippen molar-refractivity contribution in [3.63, 3.8) is 0 Å². The van der Waals surface area contributed by atoms with Gasteiger partial charge in [0.15, 0.2) is 11.5 Å².